The highest BCUT2D eigenvalue weighted by Gasteiger charge is 2.25. The van der Waals surface area contributed by atoms with Gasteiger partial charge in [-0.05, 0) is 49.3 Å². The van der Waals surface area contributed by atoms with Crippen molar-refractivity contribution in [2.24, 2.45) is 7.05 Å². The Bertz CT molecular complexity index is 884. The van der Waals surface area contributed by atoms with Crippen LogP contribution in [0.3, 0.4) is 0 Å². The summed E-state index contributed by atoms with van der Waals surface area (Å²) < 4.78 is 7.57. The highest BCUT2D eigenvalue weighted by molar-refractivity contribution is 7.13. The van der Waals surface area contributed by atoms with Gasteiger partial charge < -0.3 is 10.1 Å². The Hall–Kier alpha value is -2.67. The van der Waals surface area contributed by atoms with Gasteiger partial charge in [0.2, 0.25) is 5.88 Å². The van der Waals surface area contributed by atoms with Crippen molar-refractivity contribution in [3.05, 3.63) is 53.7 Å². The van der Waals surface area contributed by atoms with Crippen molar-refractivity contribution < 1.29 is 9.53 Å². The van der Waals surface area contributed by atoms with Crippen LogP contribution in [0.5, 0.6) is 5.88 Å². The molecule has 0 aliphatic heterocycles. The van der Waals surface area contributed by atoms with E-state index >= 15 is 0 Å². The fourth-order valence-electron chi connectivity index (χ4n) is 3.40. The summed E-state index contributed by atoms with van der Waals surface area (Å²) in [5, 5.41) is 9.63. The number of carbonyl (C=O) groups excluding carboxylic acids is 1. The topological polar surface area (TPSA) is 69.0 Å². The number of nitrogens with one attached hydrogen (secondary N) is 1. The summed E-state index contributed by atoms with van der Waals surface area (Å²) in [6.07, 6.45) is 5.52. The third-order valence-electron chi connectivity index (χ3n) is 4.82. The maximum Gasteiger partial charge on any atom is 0.269 e. The molecule has 1 amide bonds. The molecule has 0 spiro atoms. The van der Waals surface area contributed by atoms with Crippen molar-refractivity contribution in [2.75, 3.05) is 0 Å². The lowest BCUT2D eigenvalue weighted by atomic mass is 9.93. The van der Waals surface area contributed by atoms with Crippen LogP contribution in [0.4, 0.5) is 0 Å². The van der Waals surface area contributed by atoms with Gasteiger partial charge in [-0.25, -0.2) is 4.98 Å². The molecule has 1 saturated carbocycles. The third kappa shape index (κ3) is 4.19. The Morgan fingerprint density at radius 3 is 2.78 bits per heavy atom. The minimum absolute atomic E-state index is 0.0677. The zero-order valence-corrected chi connectivity index (χ0v) is 16.0. The molecule has 6 nitrogen and oxygen atoms in total. The zero-order valence-electron chi connectivity index (χ0n) is 15.2. The summed E-state index contributed by atoms with van der Waals surface area (Å²) in [7, 11) is 1.81. The first-order chi connectivity index (χ1) is 13.2. The third-order valence-corrected chi connectivity index (χ3v) is 5.71. The first-order valence-electron chi connectivity index (χ1n) is 9.15. The number of aromatic nitrogens is 3. The average molecular weight is 382 g/mol. The summed E-state index contributed by atoms with van der Waals surface area (Å²) in [5.41, 5.74) is 1.43. The lowest BCUT2D eigenvalue weighted by molar-refractivity contribution is 0.0881. The van der Waals surface area contributed by atoms with Crippen LogP contribution in [-0.2, 0) is 7.05 Å². The molecule has 4 rings (SSSR count). The van der Waals surface area contributed by atoms with Crippen LogP contribution in [0, 0.1) is 0 Å². The maximum atomic E-state index is 12.7. The lowest BCUT2D eigenvalue weighted by Crippen LogP contribution is -2.40. The molecule has 140 valence electrons. The number of aryl methyl sites for hydroxylation is 1. The Labute approximate surface area is 162 Å². The Kier molecular flexibility index (Phi) is 5.20. The van der Waals surface area contributed by atoms with Crippen LogP contribution in [-0.4, -0.2) is 32.8 Å². The number of hydrogen-bond donors (Lipinski definition) is 1. The molecule has 3 heterocycles. The number of rotatable bonds is 5. The molecule has 27 heavy (non-hydrogen) atoms. The van der Waals surface area contributed by atoms with E-state index in [2.05, 4.69) is 15.4 Å². The summed E-state index contributed by atoms with van der Waals surface area (Å²) in [4.78, 5) is 18.0. The predicted molar refractivity (Wildman–Crippen MR) is 105 cm³/mol. The molecule has 0 unspecified atom stereocenters. The SMILES string of the molecule is Cn1nc(-c2cccs2)cc1C(=O)NC1CCC(Oc2ccccn2)CC1. The quantitative estimate of drug-likeness (QED) is 0.731. The van der Waals surface area contributed by atoms with Gasteiger partial charge in [0, 0.05) is 25.4 Å². The van der Waals surface area contributed by atoms with Gasteiger partial charge in [-0.1, -0.05) is 12.1 Å². The number of hydrogen-bond acceptors (Lipinski definition) is 5. The second kappa shape index (κ2) is 7.92. The molecule has 1 aliphatic carbocycles. The van der Waals surface area contributed by atoms with Crippen LogP contribution < -0.4 is 10.1 Å². The smallest absolute Gasteiger partial charge is 0.269 e. The van der Waals surface area contributed by atoms with E-state index in [1.54, 1.807) is 22.2 Å². The second-order valence-corrected chi connectivity index (χ2v) is 7.70. The van der Waals surface area contributed by atoms with Crippen molar-refractivity contribution in [3.8, 4) is 16.5 Å². The minimum atomic E-state index is -0.0677. The first-order valence-corrected chi connectivity index (χ1v) is 10.0. The van der Waals surface area contributed by atoms with E-state index in [9.17, 15) is 4.79 Å². The van der Waals surface area contributed by atoms with Crippen LogP contribution >= 0.6 is 11.3 Å². The summed E-state index contributed by atoms with van der Waals surface area (Å²) in [5.74, 6) is 0.600. The van der Waals surface area contributed by atoms with Gasteiger partial charge in [0.15, 0.2) is 0 Å². The van der Waals surface area contributed by atoms with E-state index < -0.39 is 0 Å². The summed E-state index contributed by atoms with van der Waals surface area (Å²) in [6.45, 7) is 0. The maximum absolute atomic E-state index is 12.7. The van der Waals surface area contributed by atoms with E-state index in [1.807, 2.05) is 48.8 Å². The number of nitrogens with zero attached hydrogens (tertiary/aromatic N) is 3. The molecule has 0 aromatic carbocycles. The number of thiophene rings is 1. The molecular formula is C20H22N4O2S. The van der Waals surface area contributed by atoms with Gasteiger partial charge in [-0.3, -0.25) is 9.48 Å². The molecule has 0 radical (unpaired) electrons. The molecule has 0 atom stereocenters. The van der Waals surface area contributed by atoms with Crippen molar-refractivity contribution in [1.29, 1.82) is 0 Å². The van der Waals surface area contributed by atoms with Gasteiger partial charge in [0.1, 0.15) is 17.5 Å². The molecule has 1 N–H and O–H groups in total. The van der Waals surface area contributed by atoms with Crippen molar-refractivity contribution in [2.45, 2.75) is 37.8 Å². The van der Waals surface area contributed by atoms with E-state index in [0.29, 0.717) is 11.6 Å². The van der Waals surface area contributed by atoms with Gasteiger partial charge in [-0.2, -0.15) is 5.10 Å². The number of carbonyl (C=O) groups is 1. The average Bonchev–Trinajstić information content (AvgIpc) is 3.34. The molecule has 1 aliphatic rings. The van der Waals surface area contributed by atoms with E-state index in [0.717, 1.165) is 36.3 Å². The highest BCUT2D eigenvalue weighted by atomic mass is 32.1. The fraction of sp³-hybridized carbons (Fsp3) is 0.350. The highest BCUT2D eigenvalue weighted by Crippen LogP contribution is 2.25. The van der Waals surface area contributed by atoms with Crippen LogP contribution in [0.1, 0.15) is 36.2 Å². The second-order valence-electron chi connectivity index (χ2n) is 6.75. The van der Waals surface area contributed by atoms with Gasteiger partial charge in [-0.15, -0.1) is 11.3 Å². The Morgan fingerprint density at radius 1 is 1.22 bits per heavy atom. The van der Waals surface area contributed by atoms with Gasteiger partial charge in [0.05, 0.1) is 4.88 Å². The van der Waals surface area contributed by atoms with E-state index in [1.165, 1.54) is 0 Å². The van der Waals surface area contributed by atoms with Crippen molar-refractivity contribution in [3.63, 3.8) is 0 Å². The molecular weight excluding hydrogens is 360 g/mol. The molecule has 3 aromatic heterocycles. The van der Waals surface area contributed by atoms with Crippen LogP contribution in [0.2, 0.25) is 0 Å². The minimum Gasteiger partial charge on any atom is -0.474 e. The predicted octanol–water partition coefficient (Wildman–Crippen LogP) is 3.66. The lowest BCUT2D eigenvalue weighted by Gasteiger charge is -2.29. The van der Waals surface area contributed by atoms with Gasteiger partial charge in [0.25, 0.3) is 5.91 Å². The zero-order chi connectivity index (χ0) is 18.6. The van der Waals surface area contributed by atoms with Gasteiger partial charge >= 0.3 is 0 Å². The standard InChI is InChI=1S/C20H22N4O2S/c1-24-17(13-16(23-24)18-5-4-12-27-18)20(25)22-14-7-9-15(10-8-14)26-19-6-2-3-11-21-19/h2-6,11-15H,7-10H2,1H3,(H,22,25). The molecule has 7 heteroatoms. The first kappa shape index (κ1) is 17.7. The van der Waals surface area contributed by atoms with Crippen molar-refractivity contribution in [1.82, 2.24) is 20.1 Å². The molecule has 0 bridgehead atoms. The normalized spacial score (nSPS) is 19.6. The Balaban J connectivity index is 1.32. The largest absolute Gasteiger partial charge is 0.474 e. The van der Waals surface area contributed by atoms with Crippen LogP contribution in [0.15, 0.2) is 48.0 Å². The van der Waals surface area contributed by atoms with E-state index in [-0.39, 0.29) is 18.1 Å². The molecule has 3 aromatic rings. The Morgan fingerprint density at radius 2 is 2.07 bits per heavy atom. The monoisotopic (exact) mass is 382 g/mol. The summed E-state index contributed by atoms with van der Waals surface area (Å²) in [6, 6.07) is 11.7. The molecule has 1 fully saturated rings. The number of amides is 1. The number of pyridine rings is 1. The van der Waals surface area contributed by atoms with Crippen LogP contribution in [0.25, 0.3) is 10.6 Å². The molecule has 0 saturated heterocycles. The fourth-order valence-corrected chi connectivity index (χ4v) is 4.08. The van der Waals surface area contributed by atoms with E-state index in [4.69, 9.17) is 4.74 Å². The summed E-state index contributed by atoms with van der Waals surface area (Å²) >= 11 is 1.62. The van der Waals surface area contributed by atoms with Crippen molar-refractivity contribution >= 4 is 17.2 Å². The number of ether oxygens (including phenoxy) is 1.